The van der Waals surface area contributed by atoms with Crippen molar-refractivity contribution in [1.29, 1.82) is 0 Å². The Labute approximate surface area is 154 Å². The van der Waals surface area contributed by atoms with Crippen molar-refractivity contribution in [3.8, 4) is 0 Å². The van der Waals surface area contributed by atoms with Gasteiger partial charge in [-0.1, -0.05) is 32.3 Å². The Balaban J connectivity index is 3.50. The van der Waals surface area contributed by atoms with E-state index in [4.69, 9.17) is 4.55 Å². The number of amides is 1. The summed E-state index contributed by atoms with van der Waals surface area (Å²) in [6.45, 7) is 7.83. The number of carbonyl (C=O) groups excluding carboxylic acids is 1. The van der Waals surface area contributed by atoms with Gasteiger partial charge in [0.2, 0.25) is 5.91 Å². The molecule has 0 spiro atoms. The van der Waals surface area contributed by atoms with E-state index in [0.29, 0.717) is 12.0 Å². The van der Waals surface area contributed by atoms with Gasteiger partial charge in [-0.15, -0.1) is 0 Å². The molecule has 0 aliphatic carbocycles. The second-order valence-electron chi connectivity index (χ2n) is 7.53. The van der Waals surface area contributed by atoms with Gasteiger partial charge >= 0.3 is 0 Å². The van der Waals surface area contributed by atoms with Gasteiger partial charge < -0.3 is 9.80 Å². The van der Waals surface area contributed by atoms with E-state index in [-0.39, 0.29) is 11.7 Å². The maximum atomic E-state index is 11.3. The zero-order valence-electron chi connectivity index (χ0n) is 16.2. The van der Waals surface area contributed by atoms with Crippen molar-refractivity contribution in [3.05, 3.63) is 12.2 Å². The van der Waals surface area contributed by atoms with Gasteiger partial charge in [0.05, 0.1) is 32.9 Å². The van der Waals surface area contributed by atoms with Crippen LogP contribution in [0, 0.1) is 0 Å². The summed E-state index contributed by atoms with van der Waals surface area (Å²) in [7, 11) is 0.365. The maximum Gasteiger partial charge on any atom is 0.265 e. The van der Waals surface area contributed by atoms with Crippen LogP contribution in [0.2, 0.25) is 0 Å². The third-order valence-corrected chi connectivity index (χ3v) is 5.08. The van der Waals surface area contributed by atoms with Crippen LogP contribution in [-0.4, -0.2) is 62.8 Å². The summed E-state index contributed by atoms with van der Waals surface area (Å²) >= 11 is 0. The summed E-state index contributed by atoms with van der Waals surface area (Å²) in [6, 6.07) is 0. The highest BCUT2D eigenvalue weighted by molar-refractivity contribution is 7.85. The molecule has 7 heteroatoms. The first-order chi connectivity index (χ1) is 11.5. The molecule has 0 aromatic heterocycles. The van der Waals surface area contributed by atoms with Crippen LogP contribution in [0.4, 0.5) is 0 Å². The molecule has 0 bridgehead atoms. The van der Waals surface area contributed by atoms with E-state index in [9.17, 15) is 13.2 Å². The number of hydrogen-bond acceptors (Lipinski definition) is 3. The number of hydrogen-bond donors (Lipinski definition) is 2. The minimum absolute atomic E-state index is 0.0580. The van der Waals surface area contributed by atoms with E-state index in [1.807, 2.05) is 0 Å². The smallest absolute Gasteiger partial charge is 0.265 e. The van der Waals surface area contributed by atoms with Gasteiger partial charge in [-0.25, -0.2) is 0 Å². The van der Waals surface area contributed by atoms with Gasteiger partial charge in [-0.2, -0.15) is 8.42 Å². The Morgan fingerprint density at radius 1 is 0.960 bits per heavy atom. The molecule has 6 nitrogen and oxygen atoms in total. The van der Waals surface area contributed by atoms with Gasteiger partial charge in [0.15, 0.2) is 0 Å². The van der Waals surface area contributed by atoms with Gasteiger partial charge in [0.1, 0.15) is 0 Å². The van der Waals surface area contributed by atoms with Crippen molar-refractivity contribution in [1.82, 2.24) is 5.32 Å². The van der Waals surface area contributed by atoms with E-state index in [1.54, 1.807) is 6.92 Å². The van der Waals surface area contributed by atoms with Crippen molar-refractivity contribution in [3.63, 3.8) is 0 Å². The van der Waals surface area contributed by atoms with E-state index in [0.717, 1.165) is 43.4 Å². The lowest BCUT2D eigenvalue weighted by Crippen LogP contribution is -2.41. The predicted octanol–water partition coefficient (Wildman–Crippen LogP) is 2.76. The minimum atomic E-state index is -3.84. The highest BCUT2D eigenvalue weighted by atomic mass is 32.2. The molecule has 25 heavy (non-hydrogen) atoms. The molecule has 0 saturated carbocycles. The second kappa shape index (κ2) is 12.4. The first kappa shape index (κ1) is 24.1. The molecule has 0 unspecified atom stereocenters. The number of quaternary nitrogens is 1. The highest BCUT2D eigenvalue weighted by Crippen LogP contribution is 2.10. The molecule has 0 aliphatic heterocycles. The maximum absolute atomic E-state index is 11.3. The van der Waals surface area contributed by atoms with Crippen LogP contribution in [0.3, 0.4) is 0 Å². The number of nitrogens with zero attached hydrogens (tertiary/aromatic N) is 1. The highest BCUT2D eigenvalue weighted by Gasteiger charge is 2.16. The molecule has 0 aromatic rings. The Kier molecular flexibility index (Phi) is 12.0. The molecule has 0 aromatic carbocycles. The van der Waals surface area contributed by atoms with E-state index in [1.165, 1.54) is 25.7 Å². The number of nitrogens with one attached hydrogen (secondary N) is 1. The van der Waals surface area contributed by atoms with Crippen molar-refractivity contribution in [2.24, 2.45) is 0 Å². The topological polar surface area (TPSA) is 83.5 Å². The lowest BCUT2D eigenvalue weighted by atomic mass is 10.1. The summed E-state index contributed by atoms with van der Waals surface area (Å²) < 4.78 is 31.0. The fourth-order valence-corrected chi connectivity index (χ4v) is 3.18. The van der Waals surface area contributed by atoms with Gasteiger partial charge in [-0.05, 0) is 26.2 Å². The van der Waals surface area contributed by atoms with Crippen molar-refractivity contribution in [2.75, 3.05) is 39.5 Å². The zero-order chi connectivity index (χ0) is 19.3. The Morgan fingerprint density at radius 3 is 1.96 bits per heavy atom. The van der Waals surface area contributed by atoms with Gasteiger partial charge in [0.25, 0.3) is 10.1 Å². The summed E-state index contributed by atoms with van der Waals surface area (Å²) in [5.41, 5.74) is 0.555. The molecule has 1 amide bonds. The Hall–Kier alpha value is -0.920. The summed E-state index contributed by atoms with van der Waals surface area (Å²) in [5, 5.41) is 2.84. The van der Waals surface area contributed by atoms with Gasteiger partial charge in [0, 0.05) is 18.5 Å². The first-order valence-corrected chi connectivity index (χ1v) is 10.9. The quantitative estimate of drug-likeness (QED) is 0.199. The van der Waals surface area contributed by atoms with Crippen LogP contribution >= 0.6 is 0 Å². The fourth-order valence-electron chi connectivity index (χ4n) is 2.69. The first-order valence-electron chi connectivity index (χ1n) is 9.24. The van der Waals surface area contributed by atoms with E-state index < -0.39 is 10.1 Å². The lowest BCUT2D eigenvalue weighted by Gasteiger charge is -2.29. The molecule has 0 heterocycles. The fraction of sp³-hybridized carbons (Fsp3) is 0.833. The molecule has 148 valence electrons. The van der Waals surface area contributed by atoms with E-state index in [2.05, 4.69) is 26.0 Å². The average molecular weight is 378 g/mol. The third kappa shape index (κ3) is 16.3. The number of carbonyl (C=O) groups is 1. The molecular formula is C18H37N2O4S+. The normalized spacial score (nSPS) is 12.2. The van der Waals surface area contributed by atoms with E-state index >= 15 is 0 Å². The zero-order valence-corrected chi connectivity index (χ0v) is 17.0. The monoisotopic (exact) mass is 377 g/mol. The lowest BCUT2D eigenvalue weighted by molar-refractivity contribution is -0.890. The minimum Gasteiger partial charge on any atom is -0.352 e. The van der Waals surface area contributed by atoms with Crippen LogP contribution in [0.5, 0.6) is 0 Å². The predicted molar refractivity (Wildman–Crippen MR) is 103 cm³/mol. The van der Waals surface area contributed by atoms with Crippen LogP contribution < -0.4 is 5.32 Å². The van der Waals surface area contributed by atoms with Crippen LogP contribution in [-0.2, 0) is 14.9 Å². The molecule has 0 atom stereocenters. The standard InChI is InChI=1S/C18H36N2O4S/c1-17(2)18(21)19-13-10-8-6-5-7-9-11-14-20(3,4)15-12-16-25(22,23)24/h1,5-16H2,2-4H3,(H-,19,21,22,23,24)/p+1. The number of unbranched alkanes of at least 4 members (excludes halogenated alkanes) is 6. The molecule has 0 rings (SSSR count). The van der Waals surface area contributed by atoms with Crippen molar-refractivity contribution >= 4 is 16.0 Å². The van der Waals surface area contributed by atoms with Crippen molar-refractivity contribution < 1.29 is 22.2 Å². The second-order valence-corrected chi connectivity index (χ2v) is 9.11. The molecule has 0 fully saturated rings. The van der Waals surface area contributed by atoms with Crippen molar-refractivity contribution in [2.45, 2.75) is 58.3 Å². The molecule has 0 saturated heterocycles. The molecule has 0 aliphatic rings. The molecular weight excluding hydrogens is 340 g/mol. The van der Waals surface area contributed by atoms with Crippen LogP contribution in [0.15, 0.2) is 12.2 Å². The van der Waals surface area contributed by atoms with Crippen LogP contribution in [0.25, 0.3) is 0 Å². The SMILES string of the molecule is C=C(C)C(=O)NCCCCCCCCC[N+](C)(C)CCCS(=O)(=O)O. The van der Waals surface area contributed by atoms with Crippen LogP contribution in [0.1, 0.15) is 58.3 Å². The summed E-state index contributed by atoms with van der Waals surface area (Å²) in [6.07, 6.45) is 8.57. The average Bonchev–Trinajstić information content (AvgIpc) is 2.47. The summed E-state index contributed by atoms with van der Waals surface area (Å²) in [4.78, 5) is 11.3. The molecule has 2 N–H and O–H groups in total. The Morgan fingerprint density at radius 2 is 1.44 bits per heavy atom. The van der Waals surface area contributed by atoms with Gasteiger partial charge in [-0.3, -0.25) is 9.35 Å². The molecule has 0 radical (unpaired) electrons. The number of rotatable bonds is 15. The summed E-state index contributed by atoms with van der Waals surface area (Å²) in [5.74, 6) is -0.209. The Bertz CT molecular complexity index is 501. The third-order valence-electron chi connectivity index (χ3n) is 4.28. The largest absolute Gasteiger partial charge is 0.352 e.